The highest BCUT2D eigenvalue weighted by atomic mass is 19.4. The number of pyridine rings is 1. The van der Waals surface area contributed by atoms with Crippen molar-refractivity contribution in [3.63, 3.8) is 0 Å². The van der Waals surface area contributed by atoms with E-state index in [2.05, 4.69) is 38.3 Å². The summed E-state index contributed by atoms with van der Waals surface area (Å²) in [7, 11) is 1.49. The monoisotopic (exact) mass is 865 g/mol. The Balaban J connectivity index is 0.796. The number of rotatable bonds is 13. The lowest BCUT2D eigenvalue weighted by Crippen LogP contribution is -2.53. The lowest BCUT2D eigenvalue weighted by atomic mass is 9.88. The molecule has 4 aromatic rings. The summed E-state index contributed by atoms with van der Waals surface area (Å²) < 4.78 is 48.0. The standard InChI is InChI=1S/C49H58F3N7O4/c1-31(2)24-38(53)30-63-44-12-6-35(26-42(44)49(50,51)52)36-14-19-54-45(27-36)55-39-7-4-33(5-8-39)34-17-20-57(21-18-34)28-32-15-22-58(23-16-32)40-9-10-41-37(25-40)29-59(47(41)61)43-11-13-46(60)56(3)48(43)62/h4-10,12,14,19,25-27,31-32,34,38,43H,11,13,15-18,20-24,28-30,53H2,1-3H3,(H,54,55)/t38-,43?/m0/s1. The maximum Gasteiger partial charge on any atom is 0.419 e. The second kappa shape index (κ2) is 18.7. The summed E-state index contributed by atoms with van der Waals surface area (Å²) in [6, 6.07) is 21.1. The number of nitrogens with zero attached hydrogens (tertiary/aromatic N) is 5. The topological polar surface area (TPSA) is 124 Å². The van der Waals surface area contributed by atoms with Gasteiger partial charge in [0.2, 0.25) is 5.91 Å². The lowest BCUT2D eigenvalue weighted by molar-refractivity contribution is -0.150. The fourth-order valence-corrected chi connectivity index (χ4v) is 9.75. The van der Waals surface area contributed by atoms with Gasteiger partial charge in [-0.05, 0) is 146 Å². The van der Waals surface area contributed by atoms with Crippen LogP contribution in [0.5, 0.6) is 5.75 Å². The number of alkyl halides is 3. The van der Waals surface area contributed by atoms with Crippen LogP contribution in [-0.2, 0) is 22.3 Å². The number of nitrogens with one attached hydrogen (secondary N) is 1. The van der Waals surface area contributed by atoms with Crippen LogP contribution in [0.3, 0.4) is 0 Å². The number of amides is 3. The number of imide groups is 1. The summed E-state index contributed by atoms with van der Waals surface area (Å²) in [4.78, 5) is 50.3. The third-order valence-corrected chi connectivity index (χ3v) is 13.3. The van der Waals surface area contributed by atoms with Crippen LogP contribution in [0.25, 0.3) is 11.1 Å². The van der Waals surface area contributed by atoms with Gasteiger partial charge in [-0.1, -0.05) is 32.0 Å². The van der Waals surface area contributed by atoms with Crippen LogP contribution in [0.2, 0.25) is 0 Å². The fraction of sp³-hybridized carbons (Fsp3) is 0.469. The van der Waals surface area contributed by atoms with Crippen LogP contribution in [0, 0.1) is 11.8 Å². The van der Waals surface area contributed by atoms with Gasteiger partial charge in [0.1, 0.15) is 24.2 Å². The number of benzene rings is 3. The van der Waals surface area contributed by atoms with Crippen LogP contribution < -0.4 is 20.7 Å². The maximum atomic E-state index is 14.1. The van der Waals surface area contributed by atoms with Gasteiger partial charge in [0.05, 0.1) is 5.56 Å². The largest absolute Gasteiger partial charge is 0.491 e. The van der Waals surface area contributed by atoms with Crippen molar-refractivity contribution < 1.29 is 32.3 Å². The molecule has 14 heteroatoms. The first-order chi connectivity index (χ1) is 30.2. The predicted molar refractivity (Wildman–Crippen MR) is 238 cm³/mol. The average molecular weight is 866 g/mol. The van der Waals surface area contributed by atoms with Gasteiger partial charge in [-0.2, -0.15) is 13.2 Å². The average Bonchev–Trinajstić information content (AvgIpc) is 3.60. The molecule has 4 aliphatic rings. The molecule has 3 amide bonds. The number of likely N-dealkylation sites (N-methyl/N-ethyl adjacent to an activating group) is 1. The minimum atomic E-state index is -4.59. The summed E-state index contributed by atoms with van der Waals surface area (Å²) in [5.74, 6) is 1.09. The quantitative estimate of drug-likeness (QED) is 0.128. The van der Waals surface area contributed by atoms with E-state index in [1.165, 1.54) is 18.7 Å². The van der Waals surface area contributed by atoms with Crippen LogP contribution >= 0.6 is 0 Å². The molecule has 11 nitrogen and oxygen atoms in total. The first-order valence-corrected chi connectivity index (χ1v) is 22.3. The number of fused-ring (bicyclic) bond motifs is 1. The Kier molecular flexibility index (Phi) is 13.1. The van der Waals surface area contributed by atoms with Gasteiger partial charge in [-0.25, -0.2) is 4.98 Å². The van der Waals surface area contributed by atoms with Crippen molar-refractivity contribution >= 4 is 34.9 Å². The number of aromatic nitrogens is 1. The summed E-state index contributed by atoms with van der Waals surface area (Å²) >= 11 is 0. The third kappa shape index (κ3) is 10.2. The van der Waals surface area contributed by atoms with Crippen molar-refractivity contribution in [3.05, 3.63) is 101 Å². The molecule has 0 aliphatic carbocycles. The molecule has 0 saturated carbocycles. The molecule has 1 unspecified atom stereocenters. The third-order valence-electron chi connectivity index (χ3n) is 13.3. The number of carbonyl (C=O) groups is 3. The Morgan fingerprint density at radius 2 is 1.60 bits per heavy atom. The summed E-state index contributed by atoms with van der Waals surface area (Å²) in [5.41, 5.74) is 11.1. The second-order valence-corrected chi connectivity index (χ2v) is 18.2. The number of anilines is 3. The highest BCUT2D eigenvalue weighted by Crippen LogP contribution is 2.40. The summed E-state index contributed by atoms with van der Waals surface area (Å²) in [6.07, 6.45) is 2.68. The minimum Gasteiger partial charge on any atom is -0.491 e. The van der Waals surface area contributed by atoms with E-state index in [0.29, 0.717) is 59.6 Å². The maximum absolute atomic E-state index is 14.1. The molecule has 0 radical (unpaired) electrons. The number of halogens is 3. The Hall–Kier alpha value is -5.47. The predicted octanol–water partition coefficient (Wildman–Crippen LogP) is 8.46. The molecular formula is C49H58F3N7O4. The van der Waals surface area contributed by atoms with Gasteiger partial charge in [0.25, 0.3) is 11.8 Å². The molecule has 334 valence electrons. The zero-order valence-corrected chi connectivity index (χ0v) is 36.4. The molecule has 0 spiro atoms. The highest BCUT2D eigenvalue weighted by Gasteiger charge is 2.42. The Bertz CT molecular complexity index is 2290. The van der Waals surface area contributed by atoms with Crippen LogP contribution in [0.4, 0.5) is 30.4 Å². The SMILES string of the molecule is CC(C)C[C@H](N)COc1ccc(-c2ccnc(Nc3ccc(C4CCN(CC5CCN(c6ccc7c(c6)CN(C6CCC(=O)N(C)C6=O)C7=O)CC5)CC4)cc3)c2)cc1C(F)(F)F. The van der Waals surface area contributed by atoms with Crippen LogP contribution in [0.1, 0.15) is 91.8 Å². The molecule has 2 atom stereocenters. The highest BCUT2D eigenvalue weighted by molar-refractivity contribution is 6.05. The van der Waals surface area contributed by atoms with Crippen molar-refractivity contribution in [2.24, 2.45) is 17.6 Å². The van der Waals surface area contributed by atoms with Gasteiger partial charge in [0, 0.05) is 68.8 Å². The molecule has 8 rings (SSSR count). The van der Waals surface area contributed by atoms with Crippen molar-refractivity contribution in [3.8, 4) is 16.9 Å². The number of ether oxygens (including phenoxy) is 1. The van der Waals surface area contributed by atoms with E-state index in [1.54, 1.807) is 29.3 Å². The minimum absolute atomic E-state index is 0.00672. The van der Waals surface area contributed by atoms with E-state index in [0.717, 1.165) is 86.3 Å². The second-order valence-electron chi connectivity index (χ2n) is 18.2. The first-order valence-electron chi connectivity index (χ1n) is 22.3. The van der Waals surface area contributed by atoms with Crippen molar-refractivity contribution in [2.75, 3.05) is 56.6 Å². The zero-order valence-electron chi connectivity index (χ0n) is 36.4. The molecule has 63 heavy (non-hydrogen) atoms. The fourth-order valence-electron chi connectivity index (χ4n) is 9.75. The van der Waals surface area contributed by atoms with E-state index >= 15 is 0 Å². The van der Waals surface area contributed by atoms with E-state index in [-0.39, 0.29) is 42.5 Å². The number of hydrogen-bond acceptors (Lipinski definition) is 9. The van der Waals surface area contributed by atoms with E-state index in [1.807, 2.05) is 38.1 Å². The number of likely N-dealkylation sites (tertiary alicyclic amines) is 2. The van der Waals surface area contributed by atoms with Gasteiger partial charge < -0.3 is 30.5 Å². The zero-order chi connectivity index (χ0) is 44.4. The van der Waals surface area contributed by atoms with Gasteiger partial charge in [-0.3, -0.25) is 19.3 Å². The molecule has 0 bridgehead atoms. The molecular weight excluding hydrogens is 808 g/mol. The van der Waals surface area contributed by atoms with Crippen LogP contribution in [0.15, 0.2) is 79.0 Å². The van der Waals surface area contributed by atoms with Gasteiger partial charge >= 0.3 is 6.18 Å². The number of carbonyl (C=O) groups excluding carboxylic acids is 3. The smallest absolute Gasteiger partial charge is 0.419 e. The molecule has 3 aromatic carbocycles. The number of nitrogens with two attached hydrogens (primary N) is 1. The molecule has 1 aromatic heterocycles. The van der Waals surface area contributed by atoms with Gasteiger partial charge in [-0.15, -0.1) is 0 Å². The number of piperidine rings is 3. The molecule has 3 fully saturated rings. The van der Waals surface area contributed by atoms with E-state index in [4.69, 9.17) is 10.5 Å². The van der Waals surface area contributed by atoms with Crippen molar-refractivity contribution in [1.29, 1.82) is 0 Å². The lowest BCUT2D eigenvalue weighted by Gasteiger charge is -2.38. The Labute approximate surface area is 367 Å². The Morgan fingerprint density at radius 1 is 0.873 bits per heavy atom. The van der Waals surface area contributed by atoms with Gasteiger partial charge in [0.15, 0.2) is 0 Å². The molecule has 5 heterocycles. The van der Waals surface area contributed by atoms with E-state index < -0.39 is 17.8 Å². The van der Waals surface area contributed by atoms with Crippen molar-refractivity contribution in [2.45, 2.75) is 89.5 Å². The molecule has 3 saturated heterocycles. The first kappa shape index (κ1) is 44.1. The number of hydrogen-bond donors (Lipinski definition) is 2. The molecule has 3 N–H and O–H groups in total. The normalized spacial score (nSPS) is 19.8. The molecule has 4 aliphatic heterocycles. The Morgan fingerprint density at radius 3 is 2.32 bits per heavy atom. The summed E-state index contributed by atoms with van der Waals surface area (Å²) in [5, 5.41) is 3.32. The van der Waals surface area contributed by atoms with Crippen LogP contribution in [-0.4, -0.2) is 95.9 Å². The summed E-state index contributed by atoms with van der Waals surface area (Å²) in [6.45, 7) is 9.54. The van der Waals surface area contributed by atoms with Crippen molar-refractivity contribution in [1.82, 2.24) is 19.7 Å². The van der Waals surface area contributed by atoms with E-state index in [9.17, 15) is 27.6 Å².